The summed E-state index contributed by atoms with van der Waals surface area (Å²) in [7, 11) is 2.36. The third-order valence-electron chi connectivity index (χ3n) is 5.43. The summed E-state index contributed by atoms with van der Waals surface area (Å²) in [5, 5.41) is 1.02. The van der Waals surface area contributed by atoms with Gasteiger partial charge in [0.05, 0.1) is 32.8 Å². The van der Waals surface area contributed by atoms with Crippen molar-refractivity contribution in [2.24, 2.45) is 5.92 Å². The van der Waals surface area contributed by atoms with Gasteiger partial charge in [-0.2, -0.15) is 5.06 Å². The number of imide groups is 1. The lowest BCUT2D eigenvalue weighted by molar-refractivity contribution is -0.947. The molecule has 5 nitrogen and oxygen atoms in total. The Kier molecular flexibility index (Phi) is 3.82. The highest BCUT2D eigenvalue weighted by Gasteiger charge is 2.44. The molecule has 0 aliphatic carbocycles. The van der Waals surface area contributed by atoms with E-state index in [0.717, 1.165) is 16.0 Å². The minimum Gasteiger partial charge on any atom is -0.323 e. The van der Waals surface area contributed by atoms with Crippen molar-refractivity contribution in [3.8, 4) is 0 Å². The van der Waals surface area contributed by atoms with E-state index in [2.05, 4.69) is 7.05 Å². The highest BCUT2D eigenvalue weighted by Crippen LogP contribution is 2.36. The Morgan fingerprint density at radius 1 is 1.10 bits per heavy atom. The molecule has 2 amide bonds. The fraction of sp³-hybridized carbons (Fsp3) is 0.867. The van der Waals surface area contributed by atoms with E-state index in [1.807, 2.05) is 0 Å². The van der Waals surface area contributed by atoms with E-state index >= 15 is 0 Å². The summed E-state index contributed by atoms with van der Waals surface area (Å²) in [6.45, 7) is 3.06. The quantitative estimate of drug-likeness (QED) is 0.581. The molecule has 3 saturated heterocycles. The van der Waals surface area contributed by atoms with Crippen LogP contribution in [0.4, 0.5) is 0 Å². The lowest BCUT2D eigenvalue weighted by Crippen LogP contribution is -2.61. The molecule has 3 heterocycles. The molecule has 0 aromatic rings. The molecule has 5 heteroatoms. The molecule has 3 rings (SSSR count). The molecule has 0 aromatic carbocycles. The van der Waals surface area contributed by atoms with Gasteiger partial charge in [-0.15, -0.1) is 0 Å². The maximum absolute atomic E-state index is 11.6. The van der Waals surface area contributed by atoms with Crippen LogP contribution >= 0.6 is 0 Å². The van der Waals surface area contributed by atoms with Crippen LogP contribution in [0.1, 0.15) is 44.9 Å². The van der Waals surface area contributed by atoms with Crippen LogP contribution in [-0.2, 0) is 14.4 Å². The van der Waals surface area contributed by atoms with Gasteiger partial charge in [0.15, 0.2) is 0 Å². The molecule has 20 heavy (non-hydrogen) atoms. The highest BCUT2D eigenvalue weighted by molar-refractivity contribution is 6.00. The van der Waals surface area contributed by atoms with Gasteiger partial charge < -0.3 is 4.48 Å². The summed E-state index contributed by atoms with van der Waals surface area (Å²) in [4.78, 5) is 28.7. The lowest BCUT2D eigenvalue weighted by Gasteiger charge is -2.51. The Hall–Kier alpha value is -0.940. The molecule has 0 aromatic heterocycles. The standard InChI is InChI=1S/C15H25N2O3/c1-17-9-3-2-6-13(17)12(5-4-10-17)11-20-16-14(18)7-8-15(16)19/h12-13H,2-11H2,1H3/q+1/t12-,13+,17-/m1/s1. The van der Waals surface area contributed by atoms with Crippen LogP contribution in [0.2, 0.25) is 0 Å². The van der Waals surface area contributed by atoms with Crippen molar-refractivity contribution in [3.05, 3.63) is 0 Å². The number of fused-ring (bicyclic) bond motifs is 1. The zero-order chi connectivity index (χ0) is 14.2. The van der Waals surface area contributed by atoms with Crippen LogP contribution in [0.3, 0.4) is 0 Å². The van der Waals surface area contributed by atoms with Crippen LogP contribution in [0.15, 0.2) is 0 Å². The molecule has 0 unspecified atom stereocenters. The Labute approximate surface area is 120 Å². The van der Waals surface area contributed by atoms with Gasteiger partial charge in [-0.1, -0.05) is 0 Å². The number of hydrogen-bond donors (Lipinski definition) is 0. The second kappa shape index (κ2) is 5.45. The van der Waals surface area contributed by atoms with Gasteiger partial charge in [0, 0.05) is 25.2 Å². The van der Waals surface area contributed by atoms with Crippen LogP contribution < -0.4 is 0 Å². The third kappa shape index (κ3) is 2.49. The average Bonchev–Trinajstić information content (AvgIpc) is 2.75. The number of hydroxylamine groups is 2. The maximum atomic E-state index is 11.6. The van der Waals surface area contributed by atoms with Crippen molar-refractivity contribution < 1.29 is 18.9 Å². The molecule has 0 spiro atoms. The Balaban J connectivity index is 1.61. The van der Waals surface area contributed by atoms with E-state index < -0.39 is 0 Å². The predicted molar refractivity (Wildman–Crippen MR) is 73.3 cm³/mol. The molecule has 3 atom stereocenters. The van der Waals surface area contributed by atoms with Crippen LogP contribution in [0, 0.1) is 5.92 Å². The van der Waals surface area contributed by atoms with Crippen molar-refractivity contribution in [1.82, 2.24) is 5.06 Å². The Bertz CT molecular complexity index is 392. The topological polar surface area (TPSA) is 46.6 Å². The van der Waals surface area contributed by atoms with E-state index in [1.54, 1.807) is 0 Å². The zero-order valence-corrected chi connectivity index (χ0v) is 12.3. The molecule has 3 fully saturated rings. The SMILES string of the molecule is C[N@+]12CCCC[C@H]1[C@@H](CON1C(=O)CCC1=O)CCC2. The van der Waals surface area contributed by atoms with Crippen molar-refractivity contribution in [1.29, 1.82) is 0 Å². The van der Waals surface area contributed by atoms with E-state index in [9.17, 15) is 9.59 Å². The molecule has 0 saturated carbocycles. The van der Waals surface area contributed by atoms with E-state index in [-0.39, 0.29) is 11.8 Å². The van der Waals surface area contributed by atoms with Crippen LogP contribution in [-0.4, -0.2) is 54.1 Å². The molecule has 0 radical (unpaired) electrons. The summed E-state index contributed by atoms with van der Waals surface area (Å²) >= 11 is 0. The fourth-order valence-corrected chi connectivity index (χ4v) is 4.30. The first-order valence-electron chi connectivity index (χ1n) is 7.93. The summed E-state index contributed by atoms with van der Waals surface area (Å²) < 4.78 is 1.16. The van der Waals surface area contributed by atoms with E-state index in [0.29, 0.717) is 31.4 Å². The maximum Gasteiger partial charge on any atom is 0.253 e. The van der Waals surface area contributed by atoms with Gasteiger partial charge in [-0.25, -0.2) is 0 Å². The molecular formula is C15H25N2O3+. The van der Waals surface area contributed by atoms with Gasteiger partial charge in [0.2, 0.25) is 0 Å². The first-order chi connectivity index (χ1) is 9.60. The average molecular weight is 281 g/mol. The monoisotopic (exact) mass is 281 g/mol. The molecule has 0 bridgehead atoms. The smallest absolute Gasteiger partial charge is 0.253 e. The number of piperidine rings is 2. The Morgan fingerprint density at radius 3 is 2.55 bits per heavy atom. The third-order valence-corrected chi connectivity index (χ3v) is 5.43. The Morgan fingerprint density at radius 2 is 1.80 bits per heavy atom. The number of hydrogen-bond acceptors (Lipinski definition) is 3. The second-order valence-electron chi connectivity index (χ2n) is 6.77. The largest absolute Gasteiger partial charge is 0.323 e. The van der Waals surface area contributed by atoms with Gasteiger partial charge in [0.1, 0.15) is 0 Å². The molecule has 112 valence electrons. The second-order valence-corrected chi connectivity index (χ2v) is 6.77. The van der Waals surface area contributed by atoms with E-state index in [1.165, 1.54) is 38.8 Å². The van der Waals surface area contributed by atoms with Crippen LogP contribution in [0.5, 0.6) is 0 Å². The molecule has 0 N–H and O–H groups in total. The summed E-state index contributed by atoms with van der Waals surface area (Å²) in [5.41, 5.74) is 0. The number of carbonyl (C=O) groups excluding carboxylic acids is 2. The fourth-order valence-electron chi connectivity index (χ4n) is 4.30. The van der Waals surface area contributed by atoms with Gasteiger partial charge in [-0.05, 0) is 25.7 Å². The van der Waals surface area contributed by atoms with Gasteiger partial charge >= 0.3 is 0 Å². The molecular weight excluding hydrogens is 256 g/mol. The number of quaternary nitrogens is 1. The van der Waals surface area contributed by atoms with E-state index in [4.69, 9.17) is 4.84 Å². The number of rotatable bonds is 3. The summed E-state index contributed by atoms with van der Waals surface area (Å²) in [6.07, 6.45) is 6.88. The first-order valence-corrected chi connectivity index (χ1v) is 7.93. The minimum atomic E-state index is -0.174. The predicted octanol–water partition coefficient (Wildman–Crippen LogP) is 1.48. The normalized spacial score (nSPS) is 38.1. The zero-order valence-electron chi connectivity index (χ0n) is 12.3. The number of nitrogens with zero attached hydrogens (tertiary/aromatic N) is 2. The minimum absolute atomic E-state index is 0.174. The van der Waals surface area contributed by atoms with Crippen molar-refractivity contribution in [3.63, 3.8) is 0 Å². The highest BCUT2D eigenvalue weighted by atomic mass is 16.7. The van der Waals surface area contributed by atoms with Gasteiger partial charge in [-0.3, -0.25) is 14.4 Å². The number of amides is 2. The molecule has 3 aliphatic heterocycles. The first kappa shape index (κ1) is 14.0. The molecule has 3 aliphatic rings. The summed E-state index contributed by atoms with van der Waals surface area (Å²) in [5.74, 6) is 0.133. The van der Waals surface area contributed by atoms with Crippen molar-refractivity contribution in [2.75, 3.05) is 26.7 Å². The van der Waals surface area contributed by atoms with Crippen LogP contribution in [0.25, 0.3) is 0 Å². The van der Waals surface area contributed by atoms with Crippen molar-refractivity contribution >= 4 is 11.8 Å². The summed E-state index contributed by atoms with van der Waals surface area (Å²) in [6, 6.07) is 0.644. The van der Waals surface area contributed by atoms with Gasteiger partial charge in [0.25, 0.3) is 11.8 Å². The van der Waals surface area contributed by atoms with Crippen molar-refractivity contribution in [2.45, 2.75) is 51.0 Å². The number of carbonyl (C=O) groups is 2. The lowest BCUT2D eigenvalue weighted by atomic mass is 9.82.